The van der Waals surface area contributed by atoms with E-state index in [-0.39, 0.29) is 24.3 Å². The highest BCUT2D eigenvalue weighted by Crippen LogP contribution is 2.20. The van der Waals surface area contributed by atoms with E-state index in [9.17, 15) is 9.59 Å². The first-order valence-corrected chi connectivity index (χ1v) is 12.1. The summed E-state index contributed by atoms with van der Waals surface area (Å²) in [5.74, 6) is -0.0715. The number of nitrogens with one attached hydrogen (secondary N) is 1. The Morgan fingerprint density at radius 1 is 1.00 bits per heavy atom. The molecule has 0 spiro atoms. The maximum atomic E-state index is 13.5. The summed E-state index contributed by atoms with van der Waals surface area (Å²) in [6, 6.07) is 13.4. The minimum atomic E-state index is -0.494. The summed E-state index contributed by atoms with van der Waals surface area (Å²) in [6.45, 7) is 6.44. The van der Waals surface area contributed by atoms with Crippen molar-refractivity contribution in [1.82, 2.24) is 10.2 Å². The first kappa shape index (κ1) is 24.3. The van der Waals surface area contributed by atoms with E-state index in [4.69, 9.17) is 11.6 Å². The van der Waals surface area contributed by atoms with Gasteiger partial charge in [-0.05, 0) is 56.4 Å². The molecule has 1 unspecified atom stereocenters. The van der Waals surface area contributed by atoms with Gasteiger partial charge in [0.2, 0.25) is 11.8 Å². The summed E-state index contributed by atoms with van der Waals surface area (Å²) in [5, 5.41) is 3.88. The molecule has 2 aromatic carbocycles. The van der Waals surface area contributed by atoms with Crippen molar-refractivity contribution >= 4 is 23.4 Å². The smallest absolute Gasteiger partial charge is 0.243 e. The molecule has 0 aliphatic heterocycles. The second kappa shape index (κ2) is 11.5. The Bertz CT molecular complexity index is 900. The van der Waals surface area contributed by atoms with Crippen molar-refractivity contribution in [2.75, 3.05) is 0 Å². The molecule has 32 heavy (non-hydrogen) atoms. The second-order valence-electron chi connectivity index (χ2n) is 9.09. The van der Waals surface area contributed by atoms with Crippen LogP contribution in [0.5, 0.6) is 0 Å². The lowest BCUT2D eigenvalue weighted by molar-refractivity contribution is -0.141. The van der Waals surface area contributed by atoms with Gasteiger partial charge in [0, 0.05) is 17.6 Å². The topological polar surface area (TPSA) is 49.4 Å². The number of hydrogen-bond donors (Lipinski definition) is 1. The molecule has 1 atom stereocenters. The lowest BCUT2D eigenvalue weighted by atomic mass is 9.95. The van der Waals surface area contributed by atoms with E-state index in [0.717, 1.165) is 47.9 Å². The molecule has 3 rings (SSSR count). The van der Waals surface area contributed by atoms with Crippen LogP contribution in [0.1, 0.15) is 67.7 Å². The van der Waals surface area contributed by atoms with Crippen LogP contribution in [0.3, 0.4) is 0 Å². The van der Waals surface area contributed by atoms with E-state index in [0.29, 0.717) is 18.0 Å². The third-order valence-corrected chi connectivity index (χ3v) is 6.49. The molecule has 4 nitrogen and oxygen atoms in total. The van der Waals surface area contributed by atoms with E-state index < -0.39 is 6.04 Å². The highest BCUT2D eigenvalue weighted by molar-refractivity contribution is 6.30. The molecule has 1 fully saturated rings. The summed E-state index contributed by atoms with van der Waals surface area (Å²) < 4.78 is 0. The van der Waals surface area contributed by atoms with Gasteiger partial charge in [-0.25, -0.2) is 0 Å². The largest absolute Gasteiger partial charge is 0.352 e. The second-order valence-corrected chi connectivity index (χ2v) is 9.52. The standard InChI is InChI=1S/C27H35ClN2O2/c1-4-25(27(32)29-24-8-6-5-7-9-24)30(18-21-10-12-23(28)13-11-21)26(31)17-22-15-19(2)14-20(3)16-22/h10-16,24-25H,4-9,17-18H2,1-3H3,(H,29,32). The van der Waals surface area contributed by atoms with E-state index >= 15 is 0 Å². The Balaban J connectivity index is 1.82. The average molecular weight is 455 g/mol. The summed E-state index contributed by atoms with van der Waals surface area (Å²) in [4.78, 5) is 28.5. The van der Waals surface area contributed by atoms with Crippen LogP contribution < -0.4 is 5.32 Å². The van der Waals surface area contributed by atoms with Gasteiger partial charge in [-0.2, -0.15) is 0 Å². The van der Waals surface area contributed by atoms with Crippen molar-refractivity contribution in [3.05, 3.63) is 69.7 Å². The molecule has 0 aromatic heterocycles. The molecule has 1 aliphatic carbocycles. The molecule has 0 bridgehead atoms. The fourth-order valence-corrected chi connectivity index (χ4v) is 4.82. The van der Waals surface area contributed by atoms with Crippen molar-refractivity contribution in [3.63, 3.8) is 0 Å². The van der Waals surface area contributed by atoms with E-state index in [1.165, 1.54) is 6.42 Å². The lowest BCUT2D eigenvalue weighted by Gasteiger charge is -2.33. The fourth-order valence-electron chi connectivity index (χ4n) is 4.70. The van der Waals surface area contributed by atoms with Gasteiger partial charge >= 0.3 is 0 Å². The van der Waals surface area contributed by atoms with Crippen LogP contribution in [0.15, 0.2) is 42.5 Å². The molecule has 2 aromatic rings. The highest BCUT2D eigenvalue weighted by atomic mass is 35.5. The van der Waals surface area contributed by atoms with E-state index in [1.807, 2.05) is 45.0 Å². The van der Waals surface area contributed by atoms with Gasteiger partial charge in [0.15, 0.2) is 0 Å². The van der Waals surface area contributed by atoms with Crippen LogP contribution in [0.2, 0.25) is 5.02 Å². The van der Waals surface area contributed by atoms with E-state index in [2.05, 4.69) is 23.5 Å². The number of nitrogens with zero attached hydrogens (tertiary/aromatic N) is 1. The van der Waals surface area contributed by atoms with Gasteiger partial charge in [-0.15, -0.1) is 0 Å². The monoisotopic (exact) mass is 454 g/mol. The molecule has 0 saturated heterocycles. The number of amides is 2. The number of benzene rings is 2. The number of halogens is 1. The molecule has 1 N–H and O–H groups in total. The van der Waals surface area contributed by atoms with Gasteiger partial charge in [0.05, 0.1) is 6.42 Å². The Morgan fingerprint density at radius 2 is 1.62 bits per heavy atom. The quantitative estimate of drug-likeness (QED) is 0.551. The van der Waals surface area contributed by atoms with Gasteiger partial charge in [-0.3, -0.25) is 9.59 Å². The lowest BCUT2D eigenvalue weighted by Crippen LogP contribution is -2.51. The third-order valence-electron chi connectivity index (χ3n) is 6.24. The van der Waals surface area contributed by atoms with Crippen LogP contribution in [-0.2, 0) is 22.6 Å². The van der Waals surface area contributed by atoms with Crippen LogP contribution in [0.25, 0.3) is 0 Å². The van der Waals surface area contributed by atoms with Crippen molar-refractivity contribution in [2.45, 2.75) is 84.3 Å². The van der Waals surface area contributed by atoms with E-state index in [1.54, 1.807) is 4.90 Å². The van der Waals surface area contributed by atoms with Crippen molar-refractivity contribution in [2.24, 2.45) is 0 Å². The number of carbonyl (C=O) groups is 2. The molecular weight excluding hydrogens is 420 g/mol. The minimum Gasteiger partial charge on any atom is -0.352 e. The zero-order chi connectivity index (χ0) is 23.1. The molecule has 1 saturated carbocycles. The molecule has 172 valence electrons. The van der Waals surface area contributed by atoms with Crippen molar-refractivity contribution < 1.29 is 9.59 Å². The Morgan fingerprint density at radius 3 is 2.22 bits per heavy atom. The maximum absolute atomic E-state index is 13.5. The molecule has 5 heteroatoms. The Hall–Kier alpha value is -2.33. The predicted molar refractivity (Wildman–Crippen MR) is 131 cm³/mol. The first-order chi connectivity index (χ1) is 15.4. The average Bonchev–Trinajstić information content (AvgIpc) is 2.75. The molecule has 1 aliphatic rings. The molecule has 0 radical (unpaired) electrons. The fraction of sp³-hybridized carbons (Fsp3) is 0.481. The predicted octanol–water partition coefficient (Wildman–Crippen LogP) is 5.76. The summed E-state index contributed by atoms with van der Waals surface area (Å²) in [6.07, 6.45) is 6.45. The maximum Gasteiger partial charge on any atom is 0.243 e. The van der Waals surface area contributed by atoms with Crippen LogP contribution in [0.4, 0.5) is 0 Å². The zero-order valence-electron chi connectivity index (χ0n) is 19.5. The number of rotatable bonds is 8. The summed E-state index contributed by atoms with van der Waals surface area (Å²) >= 11 is 6.05. The van der Waals surface area contributed by atoms with Crippen molar-refractivity contribution in [3.8, 4) is 0 Å². The third kappa shape index (κ3) is 6.83. The van der Waals surface area contributed by atoms with Gasteiger partial charge in [-0.1, -0.05) is 79.2 Å². The highest BCUT2D eigenvalue weighted by Gasteiger charge is 2.30. The molecule has 2 amide bonds. The number of hydrogen-bond acceptors (Lipinski definition) is 2. The number of aryl methyl sites for hydroxylation is 2. The first-order valence-electron chi connectivity index (χ1n) is 11.8. The molecular formula is C27H35ClN2O2. The Kier molecular flexibility index (Phi) is 8.75. The van der Waals surface area contributed by atoms with Crippen LogP contribution in [-0.4, -0.2) is 28.8 Å². The van der Waals surface area contributed by atoms with Crippen LogP contribution in [0, 0.1) is 13.8 Å². The summed E-state index contributed by atoms with van der Waals surface area (Å²) in [5.41, 5.74) is 4.22. The minimum absolute atomic E-state index is 0.0319. The zero-order valence-corrected chi connectivity index (χ0v) is 20.3. The SMILES string of the molecule is CCC(C(=O)NC1CCCCC1)N(Cc1ccc(Cl)cc1)C(=O)Cc1cc(C)cc(C)c1. The number of carbonyl (C=O) groups excluding carboxylic acids is 2. The van der Waals surface area contributed by atoms with Gasteiger partial charge in [0.25, 0.3) is 0 Å². The van der Waals surface area contributed by atoms with Crippen molar-refractivity contribution in [1.29, 1.82) is 0 Å². The van der Waals surface area contributed by atoms with Gasteiger partial charge < -0.3 is 10.2 Å². The van der Waals surface area contributed by atoms with Crippen LogP contribution >= 0.6 is 11.6 Å². The Labute approximate surface area is 197 Å². The summed E-state index contributed by atoms with van der Waals surface area (Å²) in [7, 11) is 0. The molecule has 0 heterocycles. The normalized spacial score (nSPS) is 15.2. The van der Waals surface area contributed by atoms with Gasteiger partial charge in [0.1, 0.15) is 6.04 Å².